The molecule has 0 radical (unpaired) electrons. The molecule has 0 saturated carbocycles. The molecule has 0 aromatic heterocycles. The van der Waals surface area contributed by atoms with Crippen LogP contribution < -0.4 is 0 Å². The molecule has 0 unspecified atom stereocenters. The summed E-state index contributed by atoms with van der Waals surface area (Å²) in [7, 11) is 0. The van der Waals surface area contributed by atoms with Crippen molar-refractivity contribution in [1.29, 1.82) is 0 Å². The second-order valence-corrected chi connectivity index (χ2v) is 16.7. The Labute approximate surface area is 387 Å². The Balaban J connectivity index is 1.01. The molecule has 11 rings (SSSR count). The fourth-order valence-corrected chi connectivity index (χ4v) is 9.59. The molecule has 0 saturated heterocycles. The van der Waals surface area contributed by atoms with E-state index in [1.807, 2.05) is 0 Å². The van der Waals surface area contributed by atoms with Crippen LogP contribution in [0.25, 0.3) is 90.7 Å². The highest BCUT2D eigenvalue weighted by molar-refractivity contribution is 6.15. The van der Waals surface area contributed by atoms with E-state index >= 15 is 0 Å². The Bertz CT molecular complexity index is 3360. The lowest BCUT2D eigenvalue weighted by Crippen LogP contribution is -1.92. The Hall–Kier alpha value is -8.58. The predicted molar refractivity (Wildman–Crippen MR) is 287 cm³/mol. The van der Waals surface area contributed by atoms with Crippen molar-refractivity contribution in [2.45, 2.75) is 0 Å². The summed E-state index contributed by atoms with van der Waals surface area (Å²) >= 11 is 0. The van der Waals surface area contributed by atoms with E-state index in [0.29, 0.717) is 0 Å². The van der Waals surface area contributed by atoms with Gasteiger partial charge in [0.2, 0.25) is 0 Å². The van der Waals surface area contributed by atoms with Gasteiger partial charge in [-0.3, -0.25) is 0 Å². The SMILES string of the molecule is C(=Cc1c2ccccc2c(C=Cc2ccccc2C=C(c2ccccc2)c2cccc3ccccc23)c2ccccc12)c1ccccc1C=C(c1ccccc1)c1cccc2ccccc12. The Morgan fingerprint density at radius 3 is 0.924 bits per heavy atom. The Kier molecular flexibility index (Phi) is 11.1. The van der Waals surface area contributed by atoms with Gasteiger partial charge in [0, 0.05) is 0 Å². The Morgan fingerprint density at radius 1 is 0.227 bits per heavy atom. The lowest BCUT2D eigenvalue weighted by Gasteiger charge is -2.15. The number of benzene rings is 11. The first-order valence-electron chi connectivity index (χ1n) is 22.7. The van der Waals surface area contributed by atoms with Crippen molar-refractivity contribution in [3.05, 3.63) is 298 Å². The van der Waals surface area contributed by atoms with Crippen LogP contribution in [0, 0.1) is 0 Å². The first kappa shape index (κ1) is 40.2. The van der Waals surface area contributed by atoms with Gasteiger partial charge in [-0.2, -0.15) is 0 Å². The van der Waals surface area contributed by atoms with Gasteiger partial charge in [0.1, 0.15) is 0 Å². The zero-order valence-corrected chi connectivity index (χ0v) is 36.6. The molecule has 0 spiro atoms. The van der Waals surface area contributed by atoms with Crippen LogP contribution in [0.3, 0.4) is 0 Å². The third-order valence-electron chi connectivity index (χ3n) is 12.8. The van der Waals surface area contributed by atoms with E-state index in [-0.39, 0.29) is 0 Å². The van der Waals surface area contributed by atoms with Gasteiger partial charge in [-0.1, -0.05) is 267 Å². The molecular formula is C66H46. The molecule has 0 aliphatic carbocycles. The average molecular weight is 839 g/mol. The summed E-state index contributed by atoms with van der Waals surface area (Å²) in [5.74, 6) is 0. The topological polar surface area (TPSA) is 0 Å². The molecule has 0 heterocycles. The van der Waals surface area contributed by atoms with E-state index in [1.54, 1.807) is 0 Å². The molecule has 0 bridgehead atoms. The van der Waals surface area contributed by atoms with Crippen molar-refractivity contribution >= 4 is 90.7 Å². The maximum atomic E-state index is 2.36. The highest BCUT2D eigenvalue weighted by Gasteiger charge is 2.14. The van der Waals surface area contributed by atoms with Gasteiger partial charge < -0.3 is 0 Å². The third-order valence-corrected chi connectivity index (χ3v) is 12.8. The molecule has 0 atom stereocenters. The third kappa shape index (κ3) is 7.98. The van der Waals surface area contributed by atoms with E-state index in [0.717, 1.165) is 22.3 Å². The van der Waals surface area contributed by atoms with Crippen LogP contribution in [0.1, 0.15) is 55.6 Å². The standard InChI is InChI=1S/C66H46/c1-3-23-51(24-4-1)65(57-39-19-31-49-27-11-13-33-55(49)57)45-53-29-9-7-21-47(53)41-43-63-59-35-15-17-37-61(59)64(62-38-18-16-36-60(62)63)44-42-48-22-8-10-30-54(48)46-66(52-25-5-2-6-26-52)58-40-20-32-50-28-12-14-34-56(50)58/h1-46H. The van der Waals surface area contributed by atoms with E-state index in [4.69, 9.17) is 0 Å². The predicted octanol–water partition coefficient (Wildman–Crippen LogP) is 17.8. The zero-order valence-electron chi connectivity index (χ0n) is 36.6. The average Bonchev–Trinajstić information content (AvgIpc) is 3.39. The summed E-state index contributed by atoms with van der Waals surface area (Å²) in [4.78, 5) is 0. The summed E-state index contributed by atoms with van der Waals surface area (Å²) < 4.78 is 0. The molecule has 0 heteroatoms. The van der Waals surface area contributed by atoms with Crippen molar-refractivity contribution in [1.82, 2.24) is 0 Å². The minimum Gasteiger partial charge on any atom is -0.0622 e. The van der Waals surface area contributed by atoms with E-state index < -0.39 is 0 Å². The minimum atomic E-state index is 1.16. The summed E-state index contributed by atoms with van der Waals surface area (Å²) in [5, 5.41) is 9.83. The number of hydrogen-bond acceptors (Lipinski definition) is 0. The van der Waals surface area contributed by atoms with Crippen LogP contribution in [0.2, 0.25) is 0 Å². The summed E-state index contributed by atoms with van der Waals surface area (Å²) in [6.07, 6.45) is 14.0. The van der Waals surface area contributed by atoms with Crippen LogP contribution in [-0.2, 0) is 0 Å². The first-order chi connectivity index (χ1) is 32.8. The molecule has 310 valence electrons. The fraction of sp³-hybridized carbons (Fsp3) is 0. The van der Waals surface area contributed by atoms with Crippen LogP contribution in [-0.4, -0.2) is 0 Å². The fourth-order valence-electron chi connectivity index (χ4n) is 9.59. The van der Waals surface area contributed by atoms with Gasteiger partial charge in [-0.25, -0.2) is 0 Å². The van der Waals surface area contributed by atoms with Crippen molar-refractivity contribution in [3.63, 3.8) is 0 Å². The number of fused-ring (bicyclic) bond motifs is 4. The second-order valence-electron chi connectivity index (χ2n) is 16.7. The molecule has 11 aromatic rings. The van der Waals surface area contributed by atoms with Gasteiger partial charge in [-0.05, 0) is 122 Å². The summed E-state index contributed by atoms with van der Waals surface area (Å²) in [6, 6.07) is 87.3. The molecule has 66 heavy (non-hydrogen) atoms. The smallest absolute Gasteiger partial charge is 0.00987 e. The van der Waals surface area contributed by atoms with E-state index in [2.05, 4.69) is 279 Å². The van der Waals surface area contributed by atoms with Crippen LogP contribution in [0.4, 0.5) is 0 Å². The molecule has 0 N–H and O–H groups in total. The van der Waals surface area contributed by atoms with E-state index in [9.17, 15) is 0 Å². The van der Waals surface area contributed by atoms with Crippen molar-refractivity contribution in [3.8, 4) is 0 Å². The second kappa shape index (κ2) is 18.3. The molecule has 0 nitrogen and oxygen atoms in total. The maximum absolute atomic E-state index is 2.36. The summed E-state index contributed by atoms with van der Waals surface area (Å²) in [5.41, 5.74) is 14.3. The lowest BCUT2D eigenvalue weighted by atomic mass is 9.89. The largest absolute Gasteiger partial charge is 0.0622 e. The highest BCUT2D eigenvalue weighted by Crippen LogP contribution is 2.38. The maximum Gasteiger partial charge on any atom is -0.00987 e. The van der Waals surface area contributed by atoms with Crippen LogP contribution in [0.15, 0.2) is 243 Å². The van der Waals surface area contributed by atoms with Crippen LogP contribution in [0.5, 0.6) is 0 Å². The van der Waals surface area contributed by atoms with Crippen molar-refractivity contribution in [2.24, 2.45) is 0 Å². The molecule has 0 aliphatic rings. The zero-order chi connectivity index (χ0) is 44.1. The monoisotopic (exact) mass is 838 g/mol. The molecule has 0 aliphatic heterocycles. The lowest BCUT2D eigenvalue weighted by molar-refractivity contribution is 1.57. The van der Waals surface area contributed by atoms with Crippen molar-refractivity contribution < 1.29 is 0 Å². The van der Waals surface area contributed by atoms with Crippen LogP contribution >= 0.6 is 0 Å². The summed E-state index contributed by atoms with van der Waals surface area (Å²) in [6.45, 7) is 0. The molecule has 0 fully saturated rings. The van der Waals surface area contributed by atoms with Gasteiger partial charge in [-0.15, -0.1) is 0 Å². The van der Waals surface area contributed by atoms with Gasteiger partial charge in [0.15, 0.2) is 0 Å². The van der Waals surface area contributed by atoms with E-state index in [1.165, 1.54) is 87.6 Å². The molecule has 11 aromatic carbocycles. The quantitative estimate of drug-likeness (QED) is 0.0951. The normalized spacial score (nSPS) is 12.3. The number of rotatable bonds is 10. The minimum absolute atomic E-state index is 1.16. The van der Waals surface area contributed by atoms with Gasteiger partial charge in [0.25, 0.3) is 0 Å². The number of hydrogen-bond donors (Lipinski definition) is 0. The Morgan fingerprint density at radius 2 is 0.530 bits per heavy atom. The van der Waals surface area contributed by atoms with Crippen molar-refractivity contribution in [2.75, 3.05) is 0 Å². The highest BCUT2D eigenvalue weighted by atomic mass is 14.2. The van der Waals surface area contributed by atoms with Gasteiger partial charge in [0.05, 0.1) is 0 Å². The molecule has 0 amide bonds. The van der Waals surface area contributed by atoms with Gasteiger partial charge >= 0.3 is 0 Å². The molecular weight excluding hydrogens is 793 g/mol. The first-order valence-corrected chi connectivity index (χ1v) is 22.7.